The molecule has 0 amide bonds. The standard InChI is InChI=1S/C23H20FNS/c1-23(2,3)17-8-4-16(5-9-17)22-19-14-21(26-20(19)12-13-25-22)15-6-10-18(24)11-7-15/h4-14H,1-3H3. The average Bonchev–Trinajstić information content (AvgIpc) is 3.06. The highest BCUT2D eigenvalue weighted by atomic mass is 32.1. The largest absolute Gasteiger partial charge is 0.256 e. The summed E-state index contributed by atoms with van der Waals surface area (Å²) in [7, 11) is 0. The molecule has 0 spiro atoms. The first-order valence-electron chi connectivity index (χ1n) is 8.67. The van der Waals surface area contributed by atoms with E-state index in [9.17, 15) is 4.39 Å². The highest BCUT2D eigenvalue weighted by molar-refractivity contribution is 7.22. The number of pyridine rings is 1. The SMILES string of the molecule is CC(C)(C)c1ccc(-c2nccc3sc(-c4ccc(F)cc4)cc23)cc1. The Balaban J connectivity index is 1.80. The van der Waals surface area contributed by atoms with Gasteiger partial charge < -0.3 is 0 Å². The highest BCUT2D eigenvalue weighted by Crippen LogP contribution is 2.38. The number of thiophene rings is 1. The predicted molar refractivity (Wildman–Crippen MR) is 109 cm³/mol. The van der Waals surface area contributed by atoms with E-state index in [1.807, 2.05) is 24.4 Å². The zero-order valence-electron chi connectivity index (χ0n) is 15.1. The summed E-state index contributed by atoms with van der Waals surface area (Å²) >= 11 is 1.71. The molecule has 130 valence electrons. The number of halogens is 1. The predicted octanol–water partition coefficient (Wildman–Crippen LogP) is 7.07. The van der Waals surface area contributed by atoms with E-state index in [1.165, 1.54) is 22.4 Å². The number of hydrogen-bond acceptors (Lipinski definition) is 2. The number of rotatable bonds is 2. The maximum absolute atomic E-state index is 13.2. The van der Waals surface area contributed by atoms with Gasteiger partial charge in [0.05, 0.1) is 5.69 Å². The summed E-state index contributed by atoms with van der Waals surface area (Å²) in [5, 5.41) is 1.14. The van der Waals surface area contributed by atoms with Gasteiger partial charge in [-0.25, -0.2) is 4.39 Å². The second-order valence-electron chi connectivity index (χ2n) is 7.52. The van der Waals surface area contributed by atoms with Crippen LogP contribution in [-0.4, -0.2) is 4.98 Å². The maximum atomic E-state index is 13.2. The summed E-state index contributed by atoms with van der Waals surface area (Å²) in [6, 6.07) is 19.5. The first kappa shape index (κ1) is 16.9. The quantitative estimate of drug-likeness (QED) is 0.372. The number of nitrogens with zero attached hydrogens (tertiary/aromatic N) is 1. The Bertz CT molecular complexity index is 1050. The molecule has 0 radical (unpaired) electrons. The summed E-state index contributed by atoms with van der Waals surface area (Å²) in [6.07, 6.45) is 1.86. The van der Waals surface area contributed by atoms with E-state index in [1.54, 1.807) is 11.3 Å². The fourth-order valence-electron chi connectivity index (χ4n) is 3.08. The van der Waals surface area contributed by atoms with Gasteiger partial charge in [-0.05, 0) is 40.8 Å². The minimum atomic E-state index is -0.212. The molecular weight excluding hydrogens is 341 g/mol. The first-order valence-corrected chi connectivity index (χ1v) is 9.49. The molecule has 4 rings (SSSR count). The van der Waals surface area contributed by atoms with Crippen LogP contribution in [0, 0.1) is 5.82 Å². The number of hydrogen-bond donors (Lipinski definition) is 0. The third-order valence-corrected chi connectivity index (χ3v) is 5.75. The van der Waals surface area contributed by atoms with Crippen molar-refractivity contribution in [3.05, 3.63) is 78.2 Å². The molecule has 0 fully saturated rings. The molecule has 0 aliphatic rings. The fourth-order valence-corrected chi connectivity index (χ4v) is 4.14. The molecule has 0 unspecified atom stereocenters. The molecule has 2 heterocycles. The smallest absolute Gasteiger partial charge is 0.123 e. The Kier molecular flexibility index (Phi) is 4.12. The summed E-state index contributed by atoms with van der Waals surface area (Å²) in [6.45, 7) is 6.65. The monoisotopic (exact) mass is 361 g/mol. The molecule has 3 heteroatoms. The van der Waals surface area contributed by atoms with Crippen molar-refractivity contribution in [1.82, 2.24) is 4.98 Å². The third kappa shape index (κ3) is 3.15. The lowest BCUT2D eigenvalue weighted by molar-refractivity contribution is 0.590. The summed E-state index contributed by atoms with van der Waals surface area (Å²) in [4.78, 5) is 5.76. The van der Waals surface area contributed by atoms with Crippen LogP contribution in [0.5, 0.6) is 0 Å². The van der Waals surface area contributed by atoms with Crippen molar-refractivity contribution in [2.75, 3.05) is 0 Å². The van der Waals surface area contributed by atoms with Crippen molar-refractivity contribution in [3.63, 3.8) is 0 Å². The molecule has 4 aromatic rings. The van der Waals surface area contributed by atoms with E-state index >= 15 is 0 Å². The molecule has 1 nitrogen and oxygen atoms in total. The van der Waals surface area contributed by atoms with Crippen LogP contribution in [0.3, 0.4) is 0 Å². The van der Waals surface area contributed by atoms with E-state index in [2.05, 4.69) is 56.1 Å². The van der Waals surface area contributed by atoms with Gasteiger partial charge in [-0.15, -0.1) is 11.3 Å². The van der Waals surface area contributed by atoms with Crippen LogP contribution >= 0.6 is 11.3 Å². The van der Waals surface area contributed by atoms with Crippen LogP contribution in [0.4, 0.5) is 4.39 Å². The lowest BCUT2D eigenvalue weighted by Gasteiger charge is -2.19. The third-order valence-electron chi connectivity index (χ3n) is 4.60. The molecule has 0 bridgehead atoms. The van der Waals surface area contributed by atoms with Gasteiger partial charge in [0.1, 0.15) is 5.82 Å². The molecule has 0 atom stereocenters. The summed E-state index contributed by atoms with van der Waals surface area (Å²) < 4.78 is 14.4. The molecule has 2 aromatic carbocycles. The van der Waals surface area contributed by atoms with Crippen LogP contribution in [0.15, 0.2) is 66.9 Å². The van der Waals surface area contributed by atoms with E-state index < -0.39 is 0 Å². The van der Waals surface area contributed by atoms with Crippen LogP contribution in [-0.2, 0) is 5.41 Å². The number of fused-ring (bicyclic) bond motifs is 1. The number of benzene rings is 2. The van der Waals surface area contributed by atoms with Gasteiger partial charge in [0.2, 0.25) is 0 Å². The van der Waals surface area contributed by atoms with Gasteiger partial charge in [-0.2, -0.15) is 0 Å². The van der Waals surface area contributed by atoms with E-state index in [4.69, 9.17) is 0 Å². The molecule has 0 saturated heterocycles. The minimum absolute atomic E-state index is 0.135. The Morgan fingerprint density at radius 1 is 0.846 bits per heavy atom. The Hall–Kier alpha value is -2.52. The van der Waals surface area contributed by atoms with Gasteiger partial charge in [-0.1, -0.05) is 57.2 Å². The Labute approximate surface area is 157 Å². The molecule has 2 aromatic heterocycles. The van der Waals surface area contributed by atoms with E-state index in [0.29, 0.717) is 0 Å². The van der Waals surface area contributed by atoms with Crippen molar-refractivity contribution in [2.45, 2.75) is 26.2 Å². The first-order chi connectivity index (χ1) is 12.4. The fraction of sp³-hybridized carbons (Fsp3) is 0.174. The summed E-state index contributed by atoms with van der Waals surface area (Å²) in [5.41, 5.74) is 4.59. The molecule has 0 saturated carbocycles. The zero-order valence-corrected chi connectivity index (χ0v) is 15.9. The van der Waals surface area contributed by atoms with Crippen molar-refractivity contribution in [1.29, 1.82) is 0 Å². The second kappa shape index (κ2) is 6.33. The van der Waals surface area contributed by atoms with Crippen LogP contribution in [0.1, 0.15) is 26.3 Å². The van der Waals surface area contributed by atoms with Gasteiger partial charge in [0.25, 0.3) is 0 Å². The lowest BCUT2D eigenvalue weighted by atomic mass is 9.86. The van der Waals surface area contributed by atoms with Gasteiger partial charge in [-0.3, -0.25) is 4.98 Å². The molecule has 0 N–H and O–H groups in total. The van der Waals surface area contributed by atoms with Crippen LogP contribution < -0.4 is 0 Å². The zero-order chi connectivity index (χ0) is 18.3. The van der Waals surface area contributed by atoms with Crippen LogP contribution in [0.2, 0.25) is 0 Å². The van der Waals surface area contributed by atoms with Crippen molar-refractivity contribution in [3.8, 4) is 21.7 Å². The molecule has 0 aliphatic carbocycles. The topological polar surface area (TPSA) is 12.9 Å². The molecule has 0 aliphatic heterocycles. The van der Waals surface area contributed by atoms with Gasteiger partial charge >= 0.3 is 0 Å². The average molecular weight is 361 g/mol. The van der Waals surface area contributed by atoms with Gasteiger partial charge in [0.15, 0.2) is 0 Å². The highest BCUT2D eigenvalue weighted by Gasteiger charge is 2.15. The normalized spacial score (nSPS) is 11.8. The molecular formula is C23H20FNS. The van der Waals surface area contributed by atoms with Crippen molar-refractivity contribution < 1.29 is 4.39 Å². The lowest BCUT2D eigenvalue weighted by Crippen LogP contribution is -2.10. The Morgan fingerprint density at radius 3 is 2.15 bits per heavy atom. The van der Waals surface area contributed by atoms with E-state index in [0.717, 1.165) is 27.1 Å². The van der Waals surface area contributed by atoms with E-state index in [-0.39, 0.29) is 11.2 Å². The Morgan fingerprint density at radius 2 is 1.50 bits per heavy atom. The number of aromatic nitrogens is 1. The van der Waals surface area contributed by atoms with Crippen molar-refractivity contribution >= 4 is 21.4 Å². The summed E-state index contributed by atoms with van der Waals surface area (Å²) in [5.74, 6) is -0.212. The maximum Gasteiger partial charge on any atom is 0.123 e. The van der Waals surface area contributed by atoms with Gasteiger partial charge in [0, 0.05) is 26.7 Å². The molecule has 26 heavy (non-hydrogen) atoms. The van der Waals surface area contributed by atoms with Crippen LogP contribution in [0.25, 0.3) is 31.8 Å². The van der Waals surface area contributed by atoms with Crippen molar-refractivity contribution in [2.24, 2.45) is 0 Å². The minimum Gasteiger partial charge on any atom is -0.256 e. The second-order valence-corrected chi connectivity index (χ2v) is 8.60.